The van der Waals surface area contributed by atoms with E-state index >= 15 is 0 Å². The minimum atomic E-state index is -0.122. The molecule has 1 N–H and O–H groups in total. The molecular weight excluding hydrogens is 156 g/mol. The largest absolute Gasteiger partial charge is 0.354 e. The van der Waals surface area contributed by atoms with Gasteiger partial charge in [0.2, 0.25) is 0 Å². The van der Waals surface area contributed by atoms with Crippen molar-refractivity contribution in [3.05, 3.63) is 0 Å². The summed E-state index contributed by atoms with van der Waals surface area (Å²) in [6.07, 6.45) is -0.122. The number of rotatable bonds is 3. The smallest absolute Gasteiger partial charge is 0.173 e. The van der Waals surface area contributed by atoms with E-state index in [1.165, 1.54) is 0 Å². The monoisotopic (exact) mass is 174 g/mol. The van der Waals surface area contributed by atoms with Crippen LogP contribution in [-0.4, -0.2) is 58.1 Å². The van der Waals surface area contributed by atoms with Gasteiger partial charge >= 0.3 is 0 Å². The second kappa shape index (κ2) is 4.77. The summed E-state index contributed by atoms with van der Waals surface area (Å²) in [5.41, 5.74) is 0. The van der Waals surface area contributed by atoms with Crippen molar-refractivity contribution in [1.82, 2.24) is 10.2 Å². The first-order chi connectivity index (χ1) is 5.79. The Morgan fingerprint density at radius 3 is 2.58 bits per heavy atom. The van der Waals surface area contributed by atoms with E-state index in [2.05, 4.69) is 17.3 Å². The van der Waals surface area contributed by atoms with E-state index in [9.17, 15) is 0 Å². The number of nitrogens with zero attached hydrogens (tertiary/aromatic N) is 1. The van der Waals surface area contributed by atoms with Gasteiger partial charge in [0.15, 0.2) is 6.29 Å². The summed E-state index contributed by atoms with van der Waals surface area (Å²) < 4.78 is 10.4. The van der Waals surface area contributed by atoms with Crippen LogP contribution in [0, 0.1) is 0 Å². The summed E-state index contributed by atoms with van der Waals surface area (Å²) in [6, 6.07) is 0.328. The van der Waals surface area contributed by atoms with Crippen LogP contribution in [0.15, 0.2) is 0 Å². The van der Waals surface area contributed by atoms with E-state index in [1.807, 2.05) is 0 Å². The summed E-state index contributed by atoms with van der Waals surface area (Å²) in [6.45, 7) is 3.03. The molecule has 0 spiro atoms. The Morgan fingerprint density at radius 1 is 1.42 bits per heavy atom. The number of hydrogen-bond donors (Lipinski definition) is 1. The van der Waals surface area contributed by atoms with Crippen molar-refractivity contribution < 1.29 is 9.47 Å². The lowest BCUT2D eigenvalue weighted by atomic mass is 10.2. The Labute approximate surface area is 73.8 Å². The SMILES string of the molecule is COC(OC)C1CNCCN1C. The van der Waals surface area contributed by atoms with Crippen LogP contribution < -0.4 is 5.32 Å². The van der Waals surface area contributed by atoms with Gasteiger partial charge in [-0.2, -0.15) is 0 Å². The number of likely N-dealkylation sites (N-methyl/N-ethyl adjacent to an activating group) is 1. The molecule has 72 valence electrons. The summed E-state index contributed by atoms with van der Waals surface area (Å²) in [5, 5.41) is 3.31. The zero-order valence-corrected chi connectivity index (χ0v) is 8.04. The average Bonchev–Trinajstić information content (AvgIpc) is 2.10. The van der Waals surface area contributed by atoms with Crippen molar-refractivity contribution in [3.63, 3.8) is 0 Å². The van der Waals surface area contributed by atoms with E-state index in [0.717, 1.165) is 19.6 Å². The first kappa shape index (κ1) is 9.92. The number of ether oxygens (including phenoxy) is 2. The van der Waals surface area contributed by atoms with Gasteiger partial charge in [0, 0.05) is 33.9 Å². The second-order valence-corrected chi connectivity index (χ2v) is 3.09. The standard InChI is InChI=1S/C8H18N2O2/c1-10-5-4-9-6-7(10)8(11-2)12-3/h7-9H,4-6H2,1-3H3. The highest BCUT2D eigenvalue weighted by molar-refractivity contribution is 4.79. The van der Waals surface area contributed by atoms with Gasteiger partial charge < -0.3 is 14.8 Å². The van der Waals surface area contributed by atoms with E-state index < -0.39 is 0 Å². The number of piperazine rings is 1. The Balaban J connectivity index is 2.45. The fourth-order valence-electron chi connectivity index (χ4n) is 1.54. The molecule has 1 saturated heterocycles. The fourth-order valence-corrected chi connectivity index (χ4v) is 1.54. The van der Waals surface area contributed by atoms with E-state index in [1.54, 1.807) is 14.2 Å². The van der Waals surface area contributed by atoms with Gasteiger partial charge in [0.25, 0.3) is 0 Å². The summed E-state index contributed by atoms with van der Waals surface area (Å²) >= 11 is 0. The topological polar surface area (TPSA) is 33.7 Å². The van der Waals surface area contributed by atoms with E-state index in [4.69, 9.17) is 9.47 Å². The summed E-state index contributed by atoms with van der Waals surface area (Å²) in [7, 11) is 5.45. The Hall–Kier alpha value is -0.160. The van der Waals surface area contributed by atoms with Gasteiger partial charge in [-0.25, -0.2) is 0 Å². The van der Waals surface area contributed by atoms with Crippen LogP contribution in [0.25, 0.3) is 0 Å². The van der Waals surface area contributed by atoms with Crippen molar-refractivity contribution in [1.29, 1.82) is 0 Å². The van der Waals surface area contributed by atoms with Gasteiger partial charge in [0.05, 0.1) is 6.04 Å². The van der Waals surface area contributed by atoms with Crippen LogP contribution in [0.2, 0.25) is 0 Å². The quantitative estimate of drug-likeness (QED) is 0.585. The number of hydrogen-bond acceptors (Lipinski definition) is 4. The van der Waals surface area contributed by atoms with Crippen LogP contribution in [0.4, 0.5) is 0 Å². The molecule has 1 atom stereocenters. The fraction of sp³-hybridized carbons (Fsp3) is 1.00. The summed E-state index contributed by atoms with van der Waals surface area (Å²) in [5.74, 6) is 0. The predicted octanol–water partition coefficient (Wildman–Crippen LogP) is -0.491. The summed E-state index contributed by atoms with van der Waals surface area (Å²) in [4.78, 5) is 2.26. The third-order valence-corrected chi connectivity index (χ3v) is 2.34. The third-order valence-electron chi connectivity index (χ3n) is 2.34. The van der Waals surface area contributed by atoms with Crippen LogP contribution in [0.1, 0.15) is 0 Å². The lowest BCUT2D eigenvalue weighted by Crippen LogP contribution is -2.55. The molecule has 0 aliphatic carbocycles. The van der Waals surface area contributed by atoms with Gasteiger partial charge in [-0.3, -0.25) is 4.90 Å². The first-order valence-corrected chi connectivity index (χ1v) is 4.26. The highest BCUT2D eigenvalue weighted by Gasteiger charge is 2.27. The molecule has 0 bridgehead atoms. The zero-order valence-electron chi connectivity index (χ0n) is 8.04. The Morgan fingerprint density at radius 2 is 2.08 bits per heavy atom. The molecule has 0 aromatic rings. The van der Waals surface area contributed by atoms with Crippen molar-refractivity contribution in [3.8, 4) is 0 Å². The van der Waals surface area contributed by atoms with Crippen molar-refractivity contribution >= 4 is 0 Å². The lowest BCUT2D eigenvalue weighted by molar-refractivity contribution is -0.146. The Kier molecular flexibility index (Phi) is 3.94. The average molecular weight is 174 g/mol. The third kappa shape index (κ3) is 2.17. The first-order valence-electron chi connectivity index (χ1n) is 4.26. The molecule has 12 heavy (non-hydrogen) atoms. The maximum atomic E-state index is 5.21. The van der Waals surface area contributed by atoms with E-state index in [-0.39, 0.29) is 6.29 Å². The maximum absolute atomic E-state index is 5.21. The predicted molar refractivity (Wildman–Crippen MR) is 47.1 cm³/mol. The maximum Gasteiger partial charge on any atom is 0.173 e. The molecule has 1 aliphatic heterocycles. The molecule has 1 unspecified atom stereocenters. The highest BCUT2D eigenvalue weighted by atomic mass is 16.7. The number of nitrogens with one attached hydrogen (secondary N) is 1. The van der Waals surface area contributed by atoms with Crippen LogP contribution >= 0.6 is 0 Å². The molecule has 1 rings (SSSR count). The molecule has 0 aromatic carbocycles. The van der Waals surface area contributed by atoms with Crippen molar-refractivity contribution in [2.75, 3.05) is 40.9 Å². The normalized spacial score (nSPS) is 26.5. The van der Waals surface area contributed by atoms with Gasteiger partial charge in [-0.05, 0) is 7.05 Å². The molecule has 0 aromatic heterocycles. The van der Waals surface area contributed by atoms with Crippen molar-refractivity contribution in [2.24, 2.45) is 0 Å². The second-order valence-electron chi connectivity index (χ2n) is 3.09. The Bertz CT molecular complexity index is 128. The minimum Gasteiger partial charge on any atom is -0.354 e. The van der Waals surface area contributed by atoms with Gasteiger partial charge in [-0.1, -0.05) is 0 Å². The molecule has 0 amide bonds. The highest BCUT2D eigenvalue weighted by Crippen LogP contribution is 2.08. The van der Waals surface area contributed by atoms with Gasteiger partial charge in [0.1, 0.15) is 0 Å². The van der Waals surface area contributed by atoms with Crippen LogP contribution in [-0.2, 0) is 9.47 Å². The van der Waals surface area contributed by atoms with Crippen molar-refractivity contribution in [2.45, 2.75) is 12.3 Å². The molecule has 4 heteroatoms. The van der Waals surface area contributed by atoms with E-state index in [0.29, 0.717) is 6.04 Å². The van der Waals surface area contributed by atoms with Crippen LogP contribution in [0.5, 0.6) is 0 Å². The molecule has 0 saturated carbocycles. The molecule has 1 fully saturated rings. The molecule has 4 nitrogen and oxygen atoms in total. The molecule has 0 radical (unpaired) electrons. The molecular formula is C8H18N2O2. The molecule has 1 aliphatic rings. The minimum absolute atomic E-state index is 0.122. The molecule has 1 heterocycles. The lowest BCUT2D eigenvalue weighted by Gasteiger charge is -2.36. The number of methoxy groups -OCH3 is 2. The zero-order chi connectivity index (χ0) is 8.97. The van der Waals surface area contributed by atoms with Crippen LogP contribution in [0.3, 0.4) is 0 Å². The van der Waals surface area contributed by atoms with Gasteiger partial charge in [-0.15, -0.1) is 0 Å².